The molecule has 4 heteroatoms. The summed E-state index contributed by atoms with van der Waals surface area (Å²) in [5.41, 5.74) is 3.63. The van der Waals surface area contributed by atoms with Gasteiger partial charge < -0.3 is 4.98 Å². The van der Waals surface area contributed by atoms with Crippen LogP contribution in [0.15, 0.2) is 60.7 Å². The molecule has 0 amide bonds. The van der Waals surface area contributed by atoms with Crippen LogP contribution in [0, 0.1) is 16.7 Å². The summed E-state index contributed by atoms with van der Waals surface area (Å²) >= 11 is 0. The van der Waals surface area contributed by atoms with Crippen LogP contribution in [0.2, 0.25) is 0 Å². The lowest BCUT2D eigenvalue weighted by Gasteiger charge is -1.97. The number of nitriles is 1. The molecule has 0 radical (unpaired) electrons. The molecule has 0 atom stereocenters. The number of rotatable bonds is 2. The predicted octanol–water partition coefficient (Wildman–Crippen LogP) is 4.70. The van der Waals surface area contributed by atoms with Crippen LogP contribution in [-0.4, -0.2) is 4.98 Å². The van der Waals surface area contributed by atoms with Gasteiger partial charge in [0.2, 0.25) is 5.39 Å². The van der Waals surface area contributed by atoms with Crippen LogP contribution in [0.1, 0.15) is 5.56 Å². The largest absolute Gasteiger partial charge is 0.428 e. The summed E-state index contributed by atoms with van der Waals surface area (Å²) in [4.78, 5) is 6.52. The van der Waals surface area contributed by atoms with Gasteiger partial charge in [0.15, 0.2) is 10.5 Å². The highest BCUT2D eigenvalue weighted by Gasteiger charge is 2.29. The fraction of sp³-hybridized carbons (Fsp3) is 0. The zero-order valence-corrected chi connectivity index (χ0v) is 11.1. The number of hydrogen-bond acceptors (Lipinski definition) is 2. The molecule has 4 nitrogen and oxygen atoms in total. The van der Waals surface area contributed by atoms with Crippen molar-refractivity contribution in [1.82, 2.24) is 4.98 Å². The van der Waals surface area contributed by atoms with Crippen LogP contribution >= 0.6 is 0 Å². The van der Waals surface area contributed by atoms with Crippen molar-refractivity contribution in [1.29, 1.82) is 10.7 Å². The van der Waals surface area contributed by atoms with Crippen LogP contribution in [-0.2, 0) is 0 Å². The number of nitrogens with zero attached hydrogens (tertiary/aromatic N) is 3. The van der Waals surface area contributed by atoms with Crippen LogP contribution in [0.5, 0.6) is 0 Å². The van der Waals surface area contributed by atoms with Gasteiger partial charge in [-0.1, -0.05) is 60.7 Å². The Morgan fingerprint density at radius 2 is 1.33 bits per heavy atom. The fourth-order valence-electron chi connectivity index (χ4n) is 2.33. The maximum atomic E-state index is 9.41. The molecule has 2 aromatic carbocycles. The van der Waals surface area contributed by atoms with Gasteiger partial charge in [0.25, 0.3) is 0 Å². The zero-order valence-electron chi connectivity index (χ0n) is 11.1. The predicted molar refractivity (Wildman–Crippen MR) is 81.1 cm³/mol. The molecule has 0 saturated carbocycles. The van der Waals surface area contributed by atoms with Gasteiger partial charge in [0.05, 0.1) is 5.69 Å². The molecule has 1 heterocycles. The second kappa shape index (κ2) is 5.32. The molecule has 98 valence electrons. The van der Waals surface area contributed by atoms with E-state index < -0.39 is 0 Å². The number of benzene rings is 2. The van der Waals surface area contributed by atoms with E-state index in [1.807, 2.05) is 60.7 Å². The minimum Gasteiger partial charge on any atom is -0.347 e. The van der Waals surface area contributed by atoms with Crippen LogP contribution in [0.4, 0.5) is 5.69 Å². The third-order valence-electron chi connectivity index (χ3n) is 3.31. The molecule has 0 unspecified atom stereocenters. The first kappa shape index (κ1) is 12.7. The maximum absolute atomic E-state index is 9.41. The van der Waals surface area contributed by atoms with Gasteiger partial charge >= 0.3 is 5.69 Å². The Kier molecular flexibility index (Phi) is 3.21. The van der Waals surface area contributed by atoms with E-state index in [0.717, 1.165) is 11.1 Å². The zero-order chi connectivity index (χ0) is 14.7. The van der Waals surface area contributed by atoms with Gasteiger partial charge in [-0.05, 0) is 5.56 Å². The lowest BCUT2D eigenvalue weighted by Crippen LogP contribution is -1.81. The van der Waals surface area contributed by atoms with E-state index in [0.29, 0.717) is 17.0 Å². The molecule has 21 heavy (non-hydrogen) atoms. The van der Waals surface area contributed by atoms with Gasteiger partial charge in [-0.3, -0.25) is 0 Å². The number of diazo groups is 1. The molecule has 3 rings (SSSR count). The Balaban J connectivity index is 2.28. The SMILES string of the molecule is N#Cc1c(-c2ccccc2)[nH]c(-c2ccccc2)c1[N+]#N. The van der Waals surface area contributed by atoms with E-state index >= 15 is 0 Å². The average Bonchev–Trinajstić information content (AvgIpc) is 2.95. The molecule has 0 bridgehead atoms. The molecular weight excluding hydrogens is 260 g/mol. The number of aromatic nitrogens is 1. The van der Waals surface area contributed by atoms with E-state index in [9.17, 15) is 10.7 Å². The normalized spacial score (nSPS) is 9.81. The summed E-state index contributed by atoms with van der Waals surface area (Å²) in [5, 5.41) is 18.7. The third-order valence-corrected chi connectivity index (χ3v) is 3.31. The second-order valence-electron chi connectivity index (χ2n) is 4.54. The van der Waals surface area contributed by atoms with Gasteiger partial charge in [-0.15, -0.1) is 0 Å². The highest BCUT2D eigenvalue weighted by Crippen LogP contribution is 2.39. The Hall–Kier alpha value is -3.37. The fourth-order valence-corrected chi connectivity index (χ4v) is 2.33. The summed E-state index contributed by atoms with van der Waals surface area (Å²) in [6, 6.07) is 21.1. The van der Waals surface area contributed by atoms with E-state index in [1.54, 1.807) is 0 Å². The van der Waals surface area contributed by atoms with Crippen LogP contribution < -0.4 is 0 Å². The standard InChI is InChI=1S/C17H11N4/c18-11-14-15(12-7-3-1-4-8-12)20-16(17(14)21-19)13-9-5-2-6-10-13/h1-10,20H/q+1. The molecule has 0 fully saturated rings. The smallest absolute Gasteiger partial charge is 0.347 e. The summed E-state index contributed by atoms with van der Waals surface area (Å²) in [7, 11) is 0. The first-order valence-corrected chi connectivity index (χ1v) is 6.47. The number of nitrogens with one attached hydrogen (secondary N) is 1. The second-order valence-corrected chi connectivity index (χ2v) is 4.54. The van der Waals surface area contributed by atoms with Gasteiger partial charge in [0, 0.05) is 5.56 Å². The van der Waals surface area contributed by atoms with Gasteiger partial charge in [0.1, 0.15) is 11.8 Å². The molecular formula is C17H11N4+. The summed E-state index contributed by atoms with van der Waals surface area (Å²) in [6.07, 6.45) is 0. The van der Waals surface area contributed by atoms with Gasteiger partial charge in [-0.2, -0.15) is 5.26 Å². The first-order valence-electron chi connectivity index (χ1n) is 6.47. The van der Waals surface area contributed by atoms with Crippen molar-refractivity contribution in [3.63, 3.8) is 0 Å². The highest BCUT2D eigenvalue weighted by atomic mass is 14.9. The van der Waals surface area contributed by atoms with Crippen molar-refractivity contribution >= 4 is 5.69 Å². The quantitative estimate of drug-likeness (QED) is 0.686. The Morgan fingerprint density at radius 3 is 1.81 bits per heavy atom. The topological polar surface area (TPSA) is 67.7 Å². The van der Waals surface area contributed by atoms with Crippen molar-refractivity contribution in [3.8, 4) is 28.6 Å². The van der Waals surface area contributed by atoms with Crippen molar-refractivity contribution in [2.75, 3.05) is 0 Å². The summed E-state index contributed by atoms with van der Waals surface area (Å²) < 4.78 is 0. The molecule has 0 saturated heterocycles. The van der Waals surface area contributed by atoms with E-state index in [1.165, 1.54) is 0 Å². The van der Waals surface area contributed by atoms with E-state index in [-0.39, 0.29) is 5.69 Å². The lowest BCUT2D eigenvalue weighted by molar-refractivity contribution is 1.38. The van der Waals surface area contributed by atoms with Crippen LogP contribution in [0.3, 0.4) is 0 Å². The Labute approximate surface area is 121 Å². The highest BCUT2D eigenvalue weighted by molar-refractivity contribution is 5.88. The van der Waals surface area contributed by atoms with Gasteiger partial charge in [-0.25, -0.2) is 0 Å². The molecule has 0 aliphatic rings. The maximum Gasteiger partial charge on any atom is 0.428 e. The van der Waals surface area contributed by atoms with Crippen LogP contribution in [0.25, 0.3) is 27.5 Å². The van der Waals surface area contributed by atoms with Crippen molar-refractivity contribution in [3.05, 3.63) is 71.2 Å². The Morgan fingerprint density at radius 1 is 0.810 bits per heavy atom. The molecule has 0 aliphatic heterocycles. The summed E-state index contributed by atoms with van der Waals surface area (Å²) in [6.45, 7) is 0. The first-order chi connectivity index (χ1) is 10.3. The molecule has 0 spiro atoms. The number of aromatic amines is 1. The van der Waals surface area contributed by atoms with Crippen molar-refractivity contribution < 1.29 is 0 Å². The number of hydrogen-bond donors (Lipinski definition) is 1. The molecule has 3 aromatic rings. The van der Waals surface area contributed by atoms with E-state index in [2.05, 4.69) is 16.0 Å². The minimum absolute atomic E-state index is 0.266. The van der Waals surface area contributed by atoms with E-state index in [4.69, 9.17) is 0 Å². The Bertz CT molecular complexity index is 778. The van der Waals surface area contributed by atoms with Crippen molar-refractivity contribution in [2.24, 2.45) is 0 Å². The minimum atomic E-state index is 0.266. The molecule has 1 aromatic heterocycles. The third kappa shape index (κ3) is 2.16. The summed E-state index contributed by atoms with van der Waals surface area (Å²) in [5.74, 6) is 0. The number of H-pyrrole nitrogens is 1. The molecule has 0 aliphatic carbocycles. The van der Waals surface area contributed by atoms with Crippen molar-refractivity contribution in [2.45, 2.75) is 0 Å². The molecule has 1 N–H and O–H groups in total. The monoisotopic (exact) mass is 271 g/mol. The lowest BCUT2D eigenvalue weighted by atomic mass is 10.1. The average molecular weight is 271 g/mol.